The average Bonchev–Trinajstić information content (AvgIpc) is 3.20. The van der Waals surface area contributed by atoms with Crippen molar-refractivity contribution in [2.75, 3.05) is 19.7 Å². The zero-order valence-electron chi connectivity index (χ0n) is 12.9. The highest BCUT2D eigenvalue weighted by molar-refractivity contribution is 7.09. The number of ether oxygens (including phenoxy) is 1. The van der Waals surface area contributed by atoms with Crippen LogP contribution < -0.4 is 0 Å². The lowest BCUT2D eigenvalue weighted by molar-refractivity contribution is 0.00606. The smallest absolute Gasteiger partial charge is 0.226 e. The third-order valence-electron chi connectivity index (χ3n) is 4.86. The summed E-state index contributed by atoms with van der Waals surface area (Å²) >= 11 is 1.73. The molecule has 0 N–H and O–H groups in total. The Labute approximate surface area is 133 Å². The van der Waals surface area contributed by atoms with Gasteiger partial charge in [-0.1, -0.05) is 0 Å². The molecule has 2 aliphatic heterocycles. The van der Waals surface area contributed by atoms with E-state index in [0.717, 1.165) is 50.7 Å². The first-order valence-electron chi connectivity index (χ1n) is 7.71. The molecule has 2 fully saturated rings. The first kappa shape index (κ1) is 14.3. The lowest BCUT2D eigenvalue weighted by atomic mass is 9.76. The van der Waals surface area contributed by atoms with Crippen molar-refractivity contribution in [2.45, 2.75) is 44.8 Å². The molecule has 2 aromatic heterocycles. The fourth-order valence-electron chi connectivity index (χ4n) is 3.65. The molecule has 6 nitrogen and oxygen atoms in total. The van der Waals surface area contributed by atoms with Gasteiger partial charge in [-0.3, -0.25) is 4.90 Å². The van der Waals surface area contributed by atoms with Gasteiger partial charge in [-0.25, -0.2) is 4.98 Å². The second-order valence-electron chi connectivity index (χ2n) is 6.25. The Balaban J connectivity index is 1.60. The first-order valence-corrected chi connectivity index (χ1v) is 8.59. The molecular formula is C15H20N4O2S. The van der Waals surface area contributed by atoms with Crippen molar-refractivity contribution < 1.29 is 9.15 Å². The number of hydrogen-bond acceptors (Lipinski definition) is 7. The van der Waals surface area contributed by atoms with Crippen LogP contribution in [0.5, 0.6) is 0 Å². The molecule has 0 saturated carbocycles. The monoisotopic (exact) mass is 320 g/mol. The second kappa shape index (κ2) is 5.40. The Morgan fingerprint density at radius 2 is 2.32 bits per heavy atom. The van der Waals surface area contributed by atoms with Crippen molar-refractivity contribution in [3.8, 4) is 0 Å². The summed E-state index contributed by atoms with van der Waals surface area (Å²) in [5.41, 5.74) is 2.92. The van der Waals surface area contributed by atoms with E-state index in [-0.39, 0.29) is 11.5 Å². The average molecular weight is 320 g/mol. The highest BCUT2D eigenvalue weighted by Crippen LogP contribution is 2.43. The van der Waals surface area contributed by atoms with Gasteiger partial charge in [0, 0.05) is 38.0 Å². The van der Waals surface area contributed by atoms with E-state index < -0.39 is 0 Å². The molecule has 7 heteroatoms. The molecule has 2 saturated heterocycles. The van der Waals surface area contributed by atoms with Crippen molar-refractivity contribution in [2.24, 2.45) is 0 Å². The molecule has 0 aromatic carbocycles. The van der Waals surface area contributed by atoms with Crippen molar-refractivity contribution >= 4 is 11.3 Å². The summed E-state index contributed by atoms with van der Waals surface area (Å²) in [6, 6.07) is 0. The zero-order chi connectivity index (χ0) is 15.2. The molecule has 2 atom stereocenters. The maximum Gasteiger partial charge on any atom is 0.226 e. The third kappa shape index (κ3) is 2.28. The van der Waals surface area contributed by atoms with E-state index in [0.29, 0.717) is 5.89 Å². The SMILES string of the molecule is Cc1nnc([C@@]23CCO[C@@H]2CCN(Cc2scnc2C)C3)o1. The van der Waals surface area contributed by atoms with Crippen LogP contribution in [0.25, 0.3) is 0 Å². The minimum Gasteiger partial charge on any atom is -0.425 e. The number of aryl methyl sites for hydroxylation is 2. The molecule has 2 aliphatic rings. The molecule has 22 heavy (non-hydrogen) atoms. The number of hydrogen-bond donors (Lipinski definition) is 0. The van der Waals surface area contributed by atoms with E-state index in [9.17, 15) is 0 Å². The van der Waals surface area contributed by atoms with Crippen LogP contribution in [0.1, 0.15) is 35.2 Å². The van der Waals surface area contributed by atoms with Gasteiger partial charge in [-0.15, -0.1) is 21.5 Å². The van der Waals surface area contributed by atoms with E-state index >= 15 is 0 Å². The molecule has 0 spiro atoms. The normalized spacial score (nSPS) is 28.9. The van der Waals surface area contributed by atoms with Crippen LogP contribution in [-0.2, 0) is 16.7 Å². The van der Waals surface area contributed by atoms with Gasteiger partial charge in [0.25, 0.3) is 0 Å². The first-order chi connectivity index (χ1) is 10.7. The summed E-state index contributed by atoms with van der Waals surface area (Å²) in [7, 11) is 0. The number of piperidine rings is 1. The number of nitrogens with zero attached hydrogens (tertiary/aromatic N) is 4. The highest BCUT2D eigenvalue weighted by Gasteiger charge is 2.52. The fourth-order valence-corrected chi connectivity index (χ4v) is 4.47. The summed E-state index contributed by atoms with van der Waals surface area (Å²) in [6.45, 7) is 7.60. The van der Waals surface area contributed by atoms with Crippen molar-refractivity contribution in [3.05, 3.63) is 27.9 Å². The molecule has 0 aliphatic carbocycles. The maximum atomic E-state index is 5.97. The third-order valence-corrected chi connectivity index (χ3v) is 5.78. The molecule has 0 amide bonds. The Bertz CT molecular complexity index is 670. The molecule has 4 rings (SSSR count). The number of rotatable bonds is 3. The van der Waals surface area contributed by atoms with Gasteiger partial charge < -0.3 is 9.15 Å². The summed E-state index contributed by atoms with van der Waals surface area (Å²) in [6.07, 6.45) is 2.17. The molecule has 4 heterocycles. The van der Waals surface area contributed by atoms with Crippen molar-refractivity contribution in [3.63, 3.8) is 0 Å². The van der Waals surface area contributed by atoms with Gasteiger partial charge in [0.05, 0.1) is 22.7 Å². The molecule has 2 aromatic rings. The Hall–Kier alpha value is -1.31. The number of aromatic nitrogens is 3. The summed E-state index contributed by atoms with van der Waals surface area (Å²) < 4.78 is 11.8. The minimum absolute atomic E-state index is 0.141. The van der Waals surface area contributed by atoms with Gasteiger partial charge in [-0.05, 0) is 19.8 Å². The Morgan fingerprint density at radius 1 is 1.41 bits per heavy atom. The quantitative estimate of drug-likeness (QED) is 0.863. The van der Waals surface area contributed by atoms with Crippen LogP contribution in [0.4, 0.5) is 0 Å². The predicted molar refractivity (Wildman–Crippen MR) is 81.8 cm³/mol. The molecular weight excluding hydrogens is 300 g/mol. The molecule has 0 unspecified atom stereocenters. The predicted octanol–water partition coefficient (Wildman–Crippen LogP) is 2.08. The van der Waals surface area contributed by atoms with Crippen LogP contribution in [0, 0.1) is 13.8 Å². The Kier molecular flexibility index (Phi) is 3.51. The zero-order valence-corrected chi connectivity index (χ0v) is 13.7. The number of thiazole rings is 1. The van der Waals surface area contributed by atoms with E-state index in [4.69, 9.17) is 9.15 Å². The summed E-state index contributed by atoms with van der Waals surface area (Å²) in [5, 5.41) is 8.35. The van der Waals surface area contributed by atoms with Crippen LogP contribution in [0.3, 0.4) is 0 Å². The number of fused-ring (bicyclic) bond motifs is 1. The van der Waals surface area contributed by atoms with Gasteiger partial charge in [0.1, 0.15) is 0 Å². The standard InChI is InChI=1S/C15H20N4O2S/c1-10-12(22-9-16-10)7-19-5-3-13-15(8-19,4-6-20-13)14-18-17-11(2)21-14/h9,13H,3-8H2,1-2H3/t13-,15-/m1/s1. The minimum atomic E-state index is -0.141. The second-order valence-corrected chi connectivity index (χ2v) is 7.19. The van der Waals surface area contributed by atoms with Gasteiger partial charge >= 0.3 is 0 Å². The Morgan fingerprint density at radius 3 is 3.05 bits per heavy atom. The van der Waals surface area contributed by atoms with Crippen LogP contribution in [-0.4, -0.2) is 45.9 Å². The molecule has 118 valence electrons. The lowest BCUT2D eigenvalue weighted by Gasteiger charge is -2.41. The van der Waals surface area contributed by atoms with E-state index in [1.54, 1.807) is 11.3 Å². The summed E-state index contributed by atoms with van der Waals surface area (Å²) in [5.74, 6) is 1.38. The van der Waals surface area contributed by atoms with Crippen molar-refractivity contribution in [1.29, 1.82) is 0 Å². The maximum absolute atomic E-state index is 5.97. The highest BCUT2D eigenvalue weighted by atomic mass is 32.1. The topological polar surface area (TPSA) is 64.3 Å². The van der Waals surface area contributed by atoms with Crippen LogP contribution in [0.15, 0.2) is 9.93 Å². The molecule has 0 radical (unpaired) electrons. The largest absolute Gasteiger partial charge is 0.425 e. The van der Waals surface area contributed by atoms with Crippen molar-refractivity contribution in [1.82, 2.24) is 20.1 Å². The van der Waals surface area contributed by atoms with Crippen LogP contribution >= 0.6 is 11.3 Å². The van der Waals surface area contributed by atoms with Gasteiger partial charge in [-0.2, -0.15) is 0 Å². The summed E-state index contributed by atoms with van der Waals surface area (Å²) in [4.78, 5) is 8.17. The molecule has 0 bridgehead atoms. The van der Waals surface area contributed by atoms with E-state index in [1.165, 1.54) is 4.88 Å². The van der Waals surface area contributed by atoms with Gasteiger partial charge in [0.2, 0.25) is 11.8 Å². The number of likely N-dealkylation sites (tertiary alicyclic amines) is 1. The lowest BCUT2D eigenvalue weighted by Crippen LogP contribution is -2.52. The van der Waals surface area contributed by atoms with Gasteiger partial charge in [0.15, 0.2) is 0 Å². The van der Waals surface area contributed by atoms with Crippen LogP contribution in [0.2, 0.25) is 0 Å². The van der Waals surface area contributed by atoms with E-state index in [1.807, 2.05) is 12.4 Å². The fraction of sp³-hybridized carbons (Fsp3) is 0.667. The van der Waals surface area contributed by atoms with E-state index in [2.05, 4.69) is 27.0 Å².